The molecule has 1 N–H and O–H groups in total. The summed E-state index contributed by atoms with van der Waals surface area (Å²) in [7, 11) is 1.74. The van der Waals surface area contributed by atoms with Gasteiger partial charge in [0.15, 0.2) is 0 Å². The van der Waals surface area contributed by atoms with Gasteiger partial charge in [-0.05, 0) is 18.2 Å². The first-order valence-electron chi connectivity index (χ1n) is 5.20. The third-order valence-electron chi connectivity index (χ3n) is 2.28. The lowest BCUT2D eigenvalue weighted by Crippen LogP contribution is -2.23. The van der Waals surface area contributed by atoms with E-state index in [0.717, 1.165) is 5.56 Å². The molecule has 0 atom stereocenters. The molecule has 0 radical (unpaired) electrons. The maximum Gasteiger partial charge on any atom is 0.246 e. The van der Waals surface area contributed by atoms with Crippen molar-refractivity contribution in [2.75, 3.05) is 7.05 Å². The monoisotopic (exact) mass is 231 g/mol. The Kier molecular flexibility index (Phi) is 3.40. The third kappa shape index (κ3) is 3.07. The van der Waals surface area contributed by atoms with Crippen LogP contribution in [0.1, 0.15) is 11.3 Å². The zero-order valence-electron chi connectivity index (χ0n) is 9.46. The van der Waals surface area contributed by atoms with Crippen molar-refractivity contribution in [1.29, 1.82) is 0 Å². The molecule has 0 aliphatic carbocycles. The average molecular weight is 231 g/mol. The standard InChI is InChI=1S/C12H13N3O2/c1-15(9-10-7-13-14-8-10)12(16)5-4-11-3-2-6-17-11/h2-8H,9H2,1H3,(H,13,14). The van der Waals surface area contributed by atoms with Gasteiger partial charge in [0.25, 0.3) is 0 Å². The molecule has 0 saturated heterocycles. The molecule has 0 unspecified atom stereocenters. The van der Waals surface area contributed by atoms with E-state index in [1.807, 2.05) is 0 Å². The second kappa shape index (κ2) is 5.16. The van der Waals surface area contributed by atoms with Crippen molar-refractivity contribution in [3.8, 4) is 0 Å². The van der Waals surface area contributed by atoms with E-state index in [0.29, 0.717) is 12.3 Å². The van der Waals surface area contributed by atoms with Crippen LogP contribution in [-0.2, 0) is 11.3 Å². The molecule has 2 heterocycles. The molecule has 0 spiro atoms. The molecule has 0 saturated carbocycles. The van der Waals surface area contributed by atoms with Gasteiger partial charge in [-0.2, -0.15) is 5.10 Å². The van der Waals surface area contributed by atoms with E-state index in [2.05, 4.69) is 10.2 Å². The van der Waals surface area contributed by atoms with Crippen molar-refractivity contribution in [2.24, 2.45) is 0 Å². The van der Waals surface area contributed by atoms with Crippen LogP contribution in [-0.4, -0.2) is 28.1 Å². The van der Waals surface area contributed by atoms with Gasteiger partial charge in [0, 0.05) is 31.4 Å². The van der Waals surface area contributed by atoms with Crippen LogP contribution in [0.25, 0.3) is 6.08 Å². The van der Waals surface area contributed by atoms with Gasteiger partial charge < -0.3 is 9.32 Å². The maximum absolute atomic E-state index is 11.7. The van der Waals surface area contributed by atoms with E-state index in [1.54, 1.807) is 48.8 Å². The average Bonchev–Trinajstić information content (AvgIpc) is 2.98. The molecular formula is C12H13N3O2. The molecule has 0 fully saturated rings. The number of carbonyl (C=O) groups excluding carboxylic acids is 1. The van der Waals surface area contributed by atoms with Crippen LogP contribution in [0.2, 0.25) is 0 Å². The van der Waals surface area contributed by atoms with Gasteiger partial charge in [-0.1, -0.05) is 0 Å². The first kappa shape index (κ1) is 11.2. The van der Waals surface area contributed by atoms with Crippen molar-refractivity contribution < 1.29 is 9.21 Å². The van der Waals surface area contributed by atoms with Crippen LogP contribution in [0.4, 0.5) is 0 Å². The Morgan fingerprint density at radius 1 is 1.65 bits per heavy atom. The number of aromatic amines is 1. The molecule has 0 bridgehead atoms. The molecule has 5 nitrogen and oxygen atoms in total. The zero-order valence-corrected chi connectivity index (χ0v) is 9.46. The van der Waals surface area contributed by atoms with Crippen molar-refractivity contribution in [1.82, 2.24) is 15.1 Å². The summed E-state index contributed by atoms with van der Waals surface area (Å²) in [6, 6.07) is 3.57. The minimum absolute atomic E-state index is 0.0809. The number of furan rings is 1. The summed E-state index contributed by atoms with van der Waals surface area (Å²) in [4.78, 5) is 13.3. The van der Waals surface area contributed by atoms with Crippen LogP contribution < -0.4 is 0 Å². The molecule has 5 heteroatoms. The SMILES string of the molecule is CN(Cc1cn[nH]c1)C(=O)C=Cc1ccco1. The quantitative estimate of drug-likeness (QED) is 0.814. The van der Waals surface area contributed by atoms with E-state index >= 15 is 0 Å². The Bertz CT molecular complexity index is 486. The van der Waals surface area contributed by atoms with Gasteiger partial charge in [-0.3, -0.25) is 9.89 Å². The first-order valence-corrected chi connectivity index (χ1v) is 5.20. The second-order valence-corrected chi connectivity index (χ2v) is 3.65. The van der Waals surface area contributed by atoms with Crippen molar-refractivity contribution >= 4 is 12.0 Å². The fourth-order valence-corrected chi connectivity index (χ4v) is 1.38. The van der Waals surface area contributed by atoms with Crippen LogP contribution in [0.3, 0.4) is 0 Å². The van der Waals surface area contributed by atoms with Crippen LogP contribution in [0.15, 0.2) is 41.3 Å². The van der Waals surface area contributed by atoms with Gasteiger partial charge in [-0.25, -0.2) is 0 Å². The number of hydrogen-bond donors (Lipinski definition) is 1. The van der Waals surface area contributed by atoms with Crippen LogP contribution >= 0.6 is 0 Å². The highest BCUT2D eigenvalue weighted by molar-refractivity contribution is 5.91. The summed E-state index contributed by atoms with van der Waals surface area (Å²) in [6.07, 6.45) is 8.16. The van der Waals surface area contributed by atoms with Gasteiger partial charge in [0.1, 0.15) is 5.76 Å². The summed E-state index contributed by atoms with van der Waals surface area (Å²) >= 11 is 0. The Morgan fingerprint density at radius 2 is 2.53 bits per heavy atom. The van der Waals surface area contributed by atoms with E-state index in [4.69, 9.17) is 4.42 Å². The zero-order chi connectivity index (χ0) is 12.1. The molecule has 0 aliphatic heterocycles. The lowest BCUT2D eigenvalue weighted by molar-refractivity contribution is -0.125. The smallest absolute Gasteiger partial charge is 0.246 e. The minimum Gasteiger partial charge on any atom is -0.465 e. The summed E-state index contributed by atoms with van der Waals surface area (Å²) in [5.74, 6) is 0.581. The van der Waals surface area contributed by atoms with Crippen molar-refractivity contribution in [3.05, 3.63) is 48.2 Å². The largest absolute Gasteiger partial charge is 0.465 e. The molecule has 2 aromatic rings. The molecule has 17 heavy (non-hydrogen) atoms. The third-order valence-corrected chi connectivity index (χ3v) is 2.28. The predicted octanol–water partition coefficient (Wildman–Crippen LogP) is 1.67. The summed E-state index contributed by atoms with van der Waals surface area (Å²) in [6.45, 7) is 0.526. The fraction of sp³-hybridized carbons (Fsp3) is 0.167. The molecule has 0 aliphatic rings. The fourth-order valence-electron chi connectivity index (χ4n) is 1.38. The number of H-pyrrole nitrogens is 1. The number of likely N-dealkylation sites (N-methyl/N-ethyl adjacent to an activating group) is 1. The van der Waals surface area contributed by atoms with Gasteiger partial charge in [0.2, 0.25) is 5.91 Å². The normalized spacial score (nSPS) is 10.9. The summed E-state index contributed by atoms with van der Waals surface area (Å²) < 4.78 is 5.10. The maximum atomic E-state index is 11.7. The van der Waals surface area contributed by atoms with Gasteiger partial charge in [0.05, 0.1) is 12.5 Å². The minimum atomic E-state index is -0.0809. The number of hydrogen-bond acceptors (Lipinski definition) is 3. The van der Waals surface area contributed by atoms with E-state index in [1.165, 1.54) is 6.08 Å². The van der Waals surface area contributed by atoms with Gasteiger partial charge >= 0.3 is 0 Å². The molecule has 1 amide bonds. The van der Waals surface area contributed by atoms with E-state index in [9.17, 15) is 4.79 Å². The Morgan fingerprint density at radius 3 is 3.18 bits per heavy atom. The molecule has 2 rings (SSSR count). The lowest BCUT2D eigenvalue weighted by atomic mass is 10.3. The highest BCUT2D eigenvalue weighted by Gasteiger charge is 2.06. The number of nitrogens with zero attached hydrogens (tertiary/aromatic N) is 2. The van der Waals surface area contributed by atoms with E-state index in [-0.39, 0.29) is 5.91 Å². The van der Waals surface area contributed by atoms with Crippen LogP contribution in [0.5, 0.6) is 0 Å². The number of aromatic nitrogens is 2. The summed E-state index contributed by atoms with van der Waals surface area (Å²) in [5.41, 5.74) is 0.965. The highest BCUT2D eigenvalue weighted by atomic mass is 16.3. The van der Waals surface area contributed by atoms with Gasteiger partial charge in [-0.15, -0.1) is 0 Å². The molecular weight excluding hydrogens is 218 g/mol. The van der Waals surface area contributed by atoms with Crippen LogP contribution in [0, 0.1) is 0 Å². The Labute approximate surface area is 98.7 Å². The Hall–Kier alpha value is -2.30. The lowest BCUT2D eigenvalue weighted by Gasteiger charge is -2.13. The topological polar surface area (TPSA) is 62.1 Å². The molecule has 0 aromatic carbocycles. The number of rotatable bonds is 4. The number of amides is 1. The number of nitrogens with one attached hydrogen (secondary N) is 1. The first-order chi connectivity index (χ1) is 8.25. The summed E-state index contributed by atoms with van der Waals surface area (Å²) in [5, 5.41) is 6.53. The number of carbonyl (C=O) groups is 1. The molecule has 2 aromatic heterocycles. The van der Waals surface area contributed by atoms with Crippen molar-refractivity contribution in [3.63, 3.8) is 0 Å². The second-order valence-electron chi connectivity index (χ2n) is 3.65. The predicted molar refractivity (Wildman–Crippen MR) is 62.8 cm³/mol. The van der Waals surface area contributed by atoms with E-state index < -0.39 is 0 Å². The molecule has 88 valence electrons. The highest BCUT2D eigenvalue weighted by Crippen LogP contribution is 2.04. The Balaban J connectivity index is 1.91. The van der Waals surface area contributed by atoms with Crippen molar-refractivity contribution in [2.45, 2.75) is 6.54 Å².